The molecule has 1 aromatic carbocycles. The number of hydrogen-bond donors (Lipinski definition) is 2. The number of ether oxygens (including phenoxy) is 3. The van der Waals surface area contributed by atoms with E-state index in [0.29, 0.717) is 26.4 Å². The van der Waals surface area contributed by atoms with Gasteiger partial charge in [-0.2, -0.15) is 0 Å². The van der Waals surface area contributed by atoms with Crippen molar-refractivity contribution in [2.75, 3.05) is 38.8 Å². The van der Waals surface area contributed by atoms with Gasteiger partial charge in [-0.15, -0.1) is 0 Å². The first-order chi connectivity index (χ1) is 10.3. The number of benzene rings is 1. The first-order valence-electron chi connectivity index (χ1n) is 6.95. The molecule has 2 aromatic rings. The molecule has 3 N–H and O–H groups in total. The lowest BCUT2D eigenvalue weighted by Crippen LogP contribution is -2.33. The highest BCUT2D eigenvalue weighted by Crippen LogP contribution is 2.36. The van der Waals surface area contributed by atoms with E-state index in [1.54, 1.807) is 13.3 Å². The second kappa shape index (κ2) is 6.15. The number of fused-ring (bicyclic) bond motifs is 2. The van der Waals surface area contributed by atoms with Crippen LogP contribution >= 0.6 is 0 Å². The van der Waals surface area contributed by atoms with Gasteiger partial charge in [0.25, 0.3) is 0 Å². The van der Waals surface area contributed by atoms with E-state index in [9.17, 15) is 0 Å². The maximum atomic E-state index is 5.75. The maximum Gasteiger partial charge on any atom is 0.162 e. The van der Waals surface area contributed by atoms with E-state index in [1.165, 1.54) is 0 Å². The monoisotopic (exact) mass is 289 g/mol. The molecule has 0 radical (unpaired) electrons. The minimum absolute atomic E-state index is 0.0151. The van der Waals surface area contributed by atoms with Gasteiger partial charge < -0.3 is 25.3 Å². The maximum absolute atomic E-state index is 5.75. The van der Waals surface area contributed by atoms with E-state index in [0.717, 1.165) is 28.1 Å². The van der Waals surface area contributed by atoms with Crippen LogP contribution in [0.1, 0.15) is 0 Å². The number of hydrogen-bond acceptors (Lipinski definition) is 6. The smallest absolute Gasteiger partial charge is 0.162 e. The van der Waals surface area contributed by atoms with Gasteiger partial charge in [-0.25, -0.2) is 4.98 Å². The minimum Gasteiger partial charge on any atom is -0.486 e. The number of aromatic nitrogens is 1. The number of nitrogens with one attached hydrogen (secondary N) is 1. The number of rotatable bonds is 5. The van der Waals surface area contributed by atoms with Gasteiger partial charge in [0.05, 0.1) is 12.6 Å². The number of pyridine rings is 1. The molecule has 1 aromatic heterocycles. The lowest BCUT2D eigenvalue weighted by molar-refractivity contribution is 0.172. The molecule has 6 heteroatoms. The van der Waals surface area contributed by atoms with E-state index >= 15 is 0 Å². The van der Waals surface area contributed by atoms with Gasteiger partial charge in [-0.3, -0.25) is 0 Å². The predicted octanol–water partition coefficient (Wildman–Crippen LogP) is 1.39. The standard InChI is InChI=1S/C15H19N3O3/c1-19-9-11(8-16)18-15-12-7-14-13(20-4-5-21-14)6-10(12)2-3-17-15/h2-3,6-7,11H,4-5,8-9,16H2,1H3,(H,17,18). The van der Waals surface area contributed by atoms with Gasteiger partial charge in [0.15, 0.2) is 11.5 Å². The molecule has 0 saturated heterocycles. The van der Waals surface area contributed by atoms with Crippen LogP contribution < -0.4 is 20.5 Å². The number of anilines is 1. The Morgan fingerprint density at radius 2 is 2.10 bits per heavy atom. The predicted molar refractivity (Wildman–Crippen MR) is 81.1 cm³/mol. The summed E-state index contributed by atoms with van der Waals surface area (Å²) in [4.78, 5) is 4.41. The summed E-state index contributed by atoms with van der Waals surface area (Å²) in [6.07, 6.45) is 1.77. The van der Waals surface area contributed by atoms with Crippen LogP contribution in [0.5, 0.6) is 11.5 Å². The zero-order valence-electron chi connectivity index (χ0n) is 12.0. The van der Waals surface area contributed by atoms with Crippen LogP contribution in [0.25, 0.3) is 10.8 Å². The first-order valence-corrected chi connectivity index (χ1v) is 6.95. The molecular formula is C15H19N3O3. The van der Waals surface area contributed by atoms with Crippen molar-refractivity contribution in [2.24, 2.45) is 5.73 Å². The van der Waals surface area contributed by atoms with Crippen LogP contribution in [0.15, 0.2) is 24.4 Å². The summed E-state index contributed by atoms with van der Waals surface area (Å²) in [6, 6.07) is 5.90. The molecule has 0 saturated carbocycles. The molecule has 6 nitrogen and oxygen atoms in total. The Labute approximate surface area is 123 Å². The fourth-order valence-corrected chi connectivity index (χ4v) is 2.39. The van der Waals surface area contributed by atoms with Crippen molar-refractivity contribution in [2.45, 2.75) is 6.04 Å². The van der Waals surface area contributed by atoms with Gasteiger partial charge in [0.1, 0.15) is 19.0 Å². The van der Waals surface area contributed by atoms with Crippen LogP contribution in [-0.2, 0) is 4.74 Å². The SMILES string of the molecule is COCC(CN)Nc1nccc2cc3c(cc12)OCCO3. The van der Waals surface area contributed by atoms with Crippen molar-refractivity contribution in [1.29, 1.82) is 0 Å². The number of nitrogens with two attached hydrogens (primary N) is 1. The lowest BCUT2D eigenvalue weighted by Gasteiger charge is -2.21. The summed E-state index contributed by atoms with van der Waals surface area (Å²) in [5.74, 6) is 2.30. The quantitative estimate of drug-likeness (QED) is 0.866. The second-order valence-electron chi connectivity index (χ2n) is 4.91. The fourth-order valence-electron chi connectivity index (χ4n) is 2.39. The van der Waals surface area contributed by atoms with Gasteiger partial charge in [0, 0.05) is 25.2 Å². The molecular weight excluding hydrogens is 270 g/mol. The van der Waals surface area contributed by atoms with Crippen molar-refractivity contribution < 1.29 is 14.2 Å². The van der Waals surface area contributed by atoms with Crippen molar-refractivity contribution >= 4 is 16.6 Å². The van der Waals surface area contributed by atoms with E-state index in [2.05, 4.69) is 10.3 Å². The molecule has 0 aliphatic carbocycles. The average Bonchev–Trinajstić information content (AvgIpc) is 2.53. The molecule has 1 unspecified atom stereocenters. The summed E-state index contributed by atoms with van der Waals surface area (Å²) in [5.41, 5.74) is 5.75. The van der Waals surface area contributed by atoms with Gasteiger partial charge >= 0.3 is 0 Å². The highest BCUT2D eigenvalue weighted by molar-refractivity contribution is 5.94. The third-order valence-corrected chi connectivity index (χ3v) is 3.42. The van der Waals surface area contributed by atoms with Gasteiger partial charge in [-0.05, 0) is 23.6 Å². The van der Waals surface area contributed by atoms with Crippen LogP contribution in [-0.4, -0.2) is 44.5 Å². The highest BCUT2D eigenvalue weighted by atomic mass is 16.6. The molecule has 112 valence electrons. The molecule has 0 amide bonds. The van der Waals surface area contributed by atoms with Gasteiger partial charge in [-0.1, -0.05) is 0 Å². The highest BCUT2D eigenvalue weighted by Gasteiger charge is 2.15. The summed E-state index contributed by atoms with van der Waals surface area (Å²) in [5, 5.41) is 5.35. The Balaban J connectivity index is 1.98. The average molecular weight is 289 g/mol. The van der Waals surface area contributed by atoms with Crippen molar-refractivity contribution in [3.63, 3.8) is 0 Å². The van der Waals surface area contributed by atoms with Gasteiger partial charge in [0.2, 0.25) is 0 Å². The zero-order chi connectivity index (χ0) is 14.7. The van der Waals surface area contributed by atoms with Crippen molar-refractivity contribution in [1.82, 2.24) is 4.98 Å². The molecule has 0 bridgehead atoms. The fraction of sp³-hybridized carbons (Fsp3) is 0.400. The topological polar surface area (TPSA) is 78.6 Å². The molecule has 3 rings (SSSR count). The van der Waals surface area contributed by atoms with Crippen LogP contribution in [0.4, 0.5) is 5.82 Å². The molecule has 2 heterocycles. The minimum atomic E-state index is 0.0151. The molecule has 1 atom stereocenters. The third-order valence-electron chi connectivity index (χ3n) is 3.42. The van der Waals surface area contributed by atoms with Crippen LogP contribution in [0.3, 0.4) is 0 Å². The number of methoxy groups -OCH3 is 1. The summed E-state index contributed by atoms with van der Waals surface area (Å²) in [6.45, 7) is 2.14. The molecule has 0 fully saturated rings. The third kappa shape index (κ3) is 2.86. The largest absolute Gasteiger partial charge is 0.486 e. The van der Waals surface area contributed by atoms with Crippen molar-refractivity contribution in [3.05, 3.63) is 24.4 Å². The zero-order valence-corrected chi connectivity index (χ0v) is 12.0. The molecule has 21 heavy (non-hydrogen) atoms. The number of nitrogens with zero attached hydrogens (tertiary/aromatic N) is 1. The Bertz CT molecular complexity index is 633. The van der Waals surface area contributed by atoms with Crippen molar-refractivity contribution in [3.8, 4) is 11.5 Å². The Morgan fingerprint density at radius 3 is 2.81 bits per heavy atom. The van der Waals surface area contributed by atoms with Crippen LogP contribution in [0, 0.1) is 0 Å². The Morgan fingerprint density at radius 1 is 1.33 bits per heavy atom. The molecule has 0 spiro atoms. The van der Waals surface area contributed by atoms with Crippen LogP contribution in [0.2, 0.25) is 0 Å². The summed E-state index contributed by atoms with van der Waals surface area (Å²) >= 11 is 0. The summed E-state index contributed by atoms with van der Waals surface area (Å²) in [7, 11) is 1.66. The normalized spacial score (nSPS) is 15.0. The second-order valence-corrected chi connectivity index (χ2v) is 4.91. The molecule has 1 aliphatic rings. The molecule has 1 aliphatic heterocycles. The van der Waals surface area contributed by atoms with E-state index in [-0.39, 0.29) is 6.04 Å². The Kier molecular flexibility index (Phi) is 4.08. The lowest BCUT2D eigenvalue weighted by atomic mass is 10.1. The van der Waals surface area contributed by atoms with E-state index in [1.807, 2.05) is 18.2 Å². The first kappa shape index (κ1) is 13.9. The summed E-state index contributed by atoms with van der Waals surface area (Å²) < 4.78 is 16.4. The Hall–Kier alpha value is -2.05. The van der Waals surface area contributed by atoms with E-state index in [4.69, 9.17) is 19.9 Å². The van der Waals surface area contributed by atoms with E-state index < -0.39 is 0 Å².